The standard InChI is InChI=1S/C17H18N2O5/c1-11-3-6-13(7-4-11)8-10-15(17(21)22)18-12(2)5-9-14(16(18)20)19(23)24/h3-7,9,15H,8,10H2,1-2H3,(H,21,22). The lowest BCUT2D eigenvalue weighted by atomic mass is 10.0. The summed E-state index contributed by atoms with van der Waals surface area (Å²) in [6, 6.07) is 8.99. The van der Waals surface area contributed by atoms with E-state index in [1.807, 2.05) is 31.2 Å². The van der Waals surface area contributed by atoms with Crippen LogP contribution in [0.4, 0.5) is 5.69 Å². The van der Waals surface area contributed by atoms with Crippen LogP contribution in [-0.2, 0) is 11.2 Å². The van der Waals surface area contributed by atoms with Crippen molar-refractivity contribution >= 4 is 11.7 Å². The Morgan fingerprint density at radius 2 is 1.83 bits per heavy atom. The second-order valence-electron chi connectivity index (χ2n) is 5.67. The third-order valence-corrected chi connectivity index (χ3v) is 3.92. The van der Waals surface area contributed by atoms with Crippen LogP contribution in [0.1, 0.15) is 29.3 Å². The molecule has 1 unspecified atom stereocenters. The molecule has 1 atom stereocenters. The van der Waals surface area contributed by atoms with E-state index in [9.17, 15) is 24.8 Å². The van der Waals surface area contributed by atoms with Gasteiger partial charge in [0.15, 0.2) is 0 Å². The van der Waals surface area contributed by atoms with Gasteiger partial charge in [-0.25, -0.2) is 4.79 Å². The van der Waals surface area contributed by atoms with Crippen molar-refractivity contribution in [2.45, 2.75) is 32.7 Å². The molecule has 24 heavy (non-hydrogen) atoms. The molecule has 0 saturated heterocycles. The fourth-order valence-electron chi connectivity index (χ4n) is 2.58. The number of hydrogen-bond donors (Lipinski definition) is 1. The van der Waals surface area contributed by atoms with Gasteiger partial charge in [0.2, 0.25) is 0 Å². The summed E-state index contributed by atoms with van der Waals surface area (Å²) in [5, 5.41) is 20.4. The summed E-state index contributed by atoms with van der Waals surface area (Å²) in [5.41, 5.74) is 0.905. The van der Waals surface area contributed by atoms with E-state index >= 15 is 0 Å². The van der Waals surface area contributed by atoms with Gasteiger partial charge in [-0.15, -0.1) is 0 Å². The summed E-state index contributed by atoms with van der Waals surface area (Å²) in [6.45, 7) is 3.52. The molecule has 1 aromatic carbocycles. The molecule has 126 valence electrons. The van der Waals surface area contributed by atoms with Crippen LogP contribution in [0.3, 0.4) is 0 Å². The zero-order valence-corrected chi connectivity index (χ0v) is 13.4. The fraction of sp³-hybridized carbons (Fsp3) is 0.294. The first kappa shape index (κ1) is 17.4. The van der Waals surface area contributed by atoms with E-state index in [-0.39, 0.29) is 6.42 Å². The number of hydrogen-bond acceptors (Lipinski definition) is 4. The van der Waals surface area contributed by atoms with Crippen LogP contribution in [0.25, 0.3) is 0 Å². The number of aryl methyl sites for hydroxylation is 3. The van der Waals surface area contributed by atoms with Gasteiger partial charge in [-0.1, -0.05) is 29.8 Å². The Labute approximate surface area is 138 Å². The Morgan fingerprint density at radius 3 is 2.38 bits per heavy atom. The highest BCUT2D eigenvalue weighted by atomic mass is 16.6. The normalized spacial score (nSPS) is 11.9. The molecule has 0 radical (unpaired) electrons. The van der Waals surface area contributed by atoms with E-state index < -0.39 is 28.2 Å². The smallest absolute Gasteiger partial charge is 0.334 e. The maximum Gasteiger partial charge on any atom is 0.334 e. The number of benzene rings is 1. The molecule has 7 heteroatoms. The van der Waals surface area contributed by atoms with Crippen LogP contribution >= 0.6 is 0 Å². The zero-order valence-electron chi connectivity index (χ0n) is 13.4. The second kappa shape index (κ2) is 7.08. The maximum absolute atomic E-state index is 12.3. The summed E-state index contributed by atoms with van der Waals surface area (Å²) in [4.78, 5) is 34.1. The van der Waals surface area contributed by atoms with Gasteiger partial charge >= 0.3 is 17.2 Å². The second-order valence-corrected chi connectivity index (χ2v) is 5.67. The van der Waals surface area contributed by atoms with E-state index in [1.165, 1.54) is 6.07 Å². The molecule has 7 nitrogen and oxygen atoms in total. The average molecular weight is 330 g/mol. The minimum Gasteiger partial charge on any atom is -0.480 e. The summed E-state index contributed by atoms with van der Waals surface area (Å²) in [7, 11) is 0. The summed E-state index contributed by atoms with van der Waals surface area (Å²) in [6.07, 6.45) is 0.617. The number of pyridine rings is 1. The van der Waals surface area contributed by atoms with Crippen molar-refractivity contribution in [2.24, 2.45) is 0 Å². The number of rotatable bonds is 6. The first-order valence-electron chi connectivity index (χ1n) is 7.46. The van der Waals surface area contributed by atoms with Gasteiger partial charge in [0.1, 0.15) is 6.04 Å². The van der Waals surface area contributed by atoms with Gasteiger partial charge in [-0.2, -0.15) is 0 Å². The van der Waals surface area contributed by atoms with Gasteiger partial charge < -0.3 is 5.11 Å². The Kier molecular flexibility index (Phi) is 5.13. The van der Waals surface area contributed by atoms with Gasteiger partial charge in [-0.05, 0) is 38.3 Å². The van der Waals surface area contributed by atoms with E-state index in [2.05, 4.69) is 0 Å². The van der Waals surface area contributed by atoms with Crippen molar-refractivity contribution in [3.8, 4) is 0 Å². The number of aliphatic carboxylic acids is 1. The predicted molar refractivity (Wildman–Crippen MR) is 88.3 cm³/mol. The molecule has 0 aliphatic rings. The van der Waals surface area contributed by atoms with Gasteiger partial charge in [0.05, 0.1) is 4.92 Å². The molecular weight excluding hydrogens is 312 g/mol. The third-order valence-electron chi connectivity index (χ3n) is 3.92. The quantitative estimate of drug-likeness (QED) is 0.648. The average Bonchev–Trinajstić information content (AvgIpc) is 2.51. The molecular formula is C17H18N2O5. The van der Waals surface area contributed by atoms with E-state index in [0.29, 0.717) is 12.1 Å². The first-order valence-corrected chi connectivity index (χ1v) is 7.46. The lowest BCUT2D eigenvalue weighted by molar-refractivity contribution is -0.386. The minimum atomic E-state index is -1.19. The number of aromatic nitrogens is 1. The van der Waals surface area contributed by atoms with Crippen LogP contribution in [0, 0.1) is 24.0 Å². The number of carboxylic acids is 1. The highest BCUT2D eigenvalue weighted by molar-refractivity contribution is 5.72. The van der Waals surface area contributed by atoms with Crippen molar-refractivity contribution in [1.29, 1.82) is 0 Å². The number of nitro groups is 1. The third kappa shape index (κ3) is 3.68. The highest BCUT2D eigenvalue weighted by Crippen LogP contribution is 2.18. The largest absolute Gasteiger partial charge is 0.480 e. The first-order chi connectivity index (χ1) is 11.3. The number of carbonyl (C=O) groups is 1. The van der Waals surface area contributed by atoms with Crippen LogP contribution in [0.5, 0.6) is 0 Å². The van der Waals surface area contributed by atoms with Crippen molar-refractivity contribution < 1.29 is 14.8 Å². The Morgan fingerprint density at radius 1 is 1.21 bits per heavy atom. The van der Waals surface area contributed by atoms with Crippen LogP contribution in [0.15, 0.2) is 41.2 Å². The molecule has 1 N–H and O–H groups in total. The molecule has 1 heterocycles. The lowest BCUT2D eigenvalue weighted by Gasteiger charge is -2.18. The lowest BCUT2D eigenvalue weighted by Crippen LogP contribution is -2.32. The molecule has 0 aliphatic heterocycles. The Bertz CT molecular complexity index is 824. The predicted octanol–water partition coefficient (Wildman–Crippen LogP) is 2.63. The minimum absolute atomic E-state index is 0.167. The van der Waals surface area contributed by atoms with E-state index in [4.69, 9.17) is 0 Å². The molecule has 0 spiro atoms. The molecule has 0 aliphatic carbocycles. The SMILES string of the molecule is Cc1ccc(CCC(C(=O)O)n2c(C)ccc([N+](=O)[O-])c2=O)cc1. The molecule has 2 rings (SSSR count). The number of nitrogens with zero attached hydrogens (tertiary/aromatic N) is 2. The van der Waals surface area contributed by atoms with Gasteiger partial charge in [-0.3, -0.25) is 19.5 Å². The molecule has 0 fully saturated rings. The monoisotopic (exact) mass is 330 g/mol. The Balaban J connectivity index is 2.36. The summed E-state index contributed by atoms with van der Waals surface area (Å²) < 4.78 is 0.995. The van der Waals surface area contributed by atoms with E-state index in [1.54, 1.807) is 6.92 Å². The van der Waals surface area contributed by atoms with E-state index in [0.717, 1.165) is 21.8 Å². The van der Waals surface area contributed by atoms with Gasteiger partial charge in [0, 0.05) is 11.8 Å². The molecule has 0 saturated carbocycles. The molecule has 2 aromatic rings. The maximum atomic E-state index is 12.3. The summed E-state index contributed by atoms with van der Waals surface area (Å²) in [5.74, 6) is -1.19. The highest BCUT2D eigenvalue weighted by Gasteiger charge is 2.26. The van der Waals surface area contributed by atoms with Crippen molar-refractivity contribution in [1.82, 2.24) is 4.57 Å². The molecule has 0 amide bonds. The van der Waals surface area contributed by atoms with Gasteiger partial charge in [0.25, 0.3) is 0 Å². The fourth-order valence-corrected chi connectivity index (χ4v) is 2.58. The van der Waals surface area contributed by atoms with Crippen molar-refractivity contribution in [3.63, 3.8) is 0 Å². The molecule has 1 aromatic heterocycles. The zero-order chi connectivity index (χ0) is 17.9. The van der Waals surface area contributed by atoms with Crippen molar-refractivity contribution in [2.75, 3.05) is 0 Å². The van der Waals surface area contributed by atoms with Crippen LogP contribution in [0.2, 0.25) is 0 Å². The van der Waals surface area contributed by atoms with Crippen molar-refractivity contribution in [3.05, 3.63) is 73.7 Å². The summed E-state index contributed by atoms with van der Waals surface area (Å²) >= 11 is 0. The Hall–Kier alpha value is -2.96. The number of carboxylic acid groups (broad SMARTS) is 1. The molecule has 0 bridgehead atoms. The van der Waals surface area contributed by atoms with Crippen LogP contribution < -0.4 is 5.56 Å². The van der Waals surface area contributed by atoms with Crippen LogP contribution in [-0.4, -0.2) is 20.6 Å². The topological polar surface area (TPSA) is 102 Å².